The standard InChI is InChI=1S/C25H27N3O2S/c1-5-17-6-8-18(9-7-17)14-22-24(30)28(20-12-10-19(11-13-20)16(2)3)25(31-22)21(15-26)23(29)27-4/h6-13,16,22H,5,14H2,1-4H3,(H,27,29)/b25-21-. The number of amides is 2. The van der Waals surface area contributed by atoms with Crippen molar-refractivity contribution in [2.24, 2.45) is 0 Å². The molecule has 0 radical (unpaired) electrons. The van der Waals surface area contributed by atoms with Crippen molar-refractivity contribution in [3.05, 3.63) is 75.8 Å². The molecule has 0 aliphatic carbocycles. The number of anilines is 1. The van der Waals surface area contributed by atoms with E-state index in [0.717, 1.165) is 17.5 Å². The van der Waals surface area contributed by atoms with Crippen LogP contribution in [0.25, 0.3) is 0 Å². The molecule has 0 aromatic heterocycles. The van der Waals surface area contributed by atoms with Gasteiger partial charge in [0, 0.05) is 12.7 Å². The van der Waals surface area contributed by atoms with E-state index in [0.29, 0.717) is 23.1 Å². The molecule has 1 atom stereocenters. The number of carbonyl (C=O) groups excluding carboxylic acids is 2. The topological polar surface area (TPSA) is 73.2 Å². The molecule has 1 fully saturated rings. The summed E-state index contributed by atoms with van der Waals surface area (Å²) < 4.78 is 0. The molecular formula is C25H27N3O2S. The summed E-state index contributed by atoms with van der Waals surface area (Å²) in [6.45, 7) is 6.32. The fraction of sp³-hybridized carbons (Fsp3) is 0.320. The van der Waals surface area contributed by atoms with Crippen molar-refractivity contribution in [2.75, 3.05) is 11.9 Å². The summed E-state index contributed by atoms with van der Waals surface area (Å²) in [5.74, 6) is -0.241. The first-order valence-corrected chi connectivity index (χ1v) is 11.3. The molecule has 160 valence electrons. The highest BCUT2D eigenvalue weighted by Gasteiger charge is 2.40. The number of rotatable bonds is 6. The Bertz CT molecular complexity index is 1030. The van der Waals surface area contributed by atoms with Gasteiger partial charge in [-0.05, 0) is 47.6 Å². The molecule has 3 rings (SSSR count). The maximum absolute atomic E-state index is 13.4. The second-order valence-electron chi connectivity index (χ2n) is 7.77. The van der Waals surface area contributed by atoms with Gasteiger partial charge < -0.3 is 5.32 Å². The van der Waals surface area contributed by atoms with Crippen molar-refractivity contribution in [3.8, 4) is 6.07 Å². The van der Waals surface area contributed by atoms with Gasteiger partial charge in [-0.15, -0.1) is 0 Å². The third-order valence-electron chi connectivity index (χ3n) is 5.40. The van der Waals surface area contributed by atoms with Gasteiger partial charge in [-0.2, -0.15) is 5.26 Å². The number of benzene rings is 2. The molecule has 5 nitrogen and oxygen atoms in total. The number of nitriles is 1. The quantitative estimate of drug-likeness (QED) is 0.536. The maximum atomic E-state index is 13.4. The molecule has 1 N–H and O–H groups in total. The van der Waals surface area contributed by atoms with Crippen molar-refractivity contribution in [2.45, 2.75) is 44.8 Å². The van der Waals surface area contributed by atoms with E-state index in [1.807, 2.05) is 42.5 Å². The molecule has 0 bridgehead atoms. The number of carbonyl (C=O) groups is 2. The van der Waals surface area contributed by atoms with Gasteiger partial charge in [0.15, 0.2) is 0 Å². The first-order chi connectivity index (χ1) is 14.9. The molecule has 0 spiro atoms. The Balaban J connectivity index is 2.00. The van der Waals surface area contributed by atoms with E-state index in [1.165, 1.54) is 29.3 Å². The summed E-state index contributed by atoms with van der Waals surface area (Å²) in [5, 5.41) is 12.2. The number of hydrogen-bond acceptors (Lipinski definition) is 4. The predicted octanol–water partition coefficient (Wildman–Crippen LogP) is 4.54. The number of likely N-dealkylation sites (N-methyl/N-ethyl adjacent to an activating group) is 1. The Labute approximate surface area is 188 Å². The lowest BCUT2D eigenvalue weighted by Gasteiger charge is -2.19. The van der Waals surface area contributed by atoms with Crippen LogP contribution in [0.4, 0.5) is 5.69 Å². The van der Waals surface area contributed by atoms with Crippen LogP contribution in [-0.4, -0.2) is 24.1 Å². The zero-order chi connectivity index (χ0) is 22.5. The largest absolute Gasteiger partial charge is 0.354 e. The van der Waals surface area contributed by atoms with Crippen LogP contribution in [0, 0.1) is 11.3 Å². The highest BCUT2D eigenvalue weighted by Crippen LogP contribution is 2.42. The minimum atomic E-state index is -0.491. The summed E-state index contributed by atoms with van der Waals surface area (Å²) in [5.41, 5.74) is 4.08. The highest BCUT2D eigenvalue weighted by molar-refractivity contribution is 8.05. The lowest BCUT2D eigenvalue weighted by atomic mass is 10.0. The zero-order valence-electron chi connectivity index (χ0n) is 18.3. The average molecular weight is 434 g/mol. The molecule has 1 heterocycles. The molecule has 1 unspecified atom stereocenters. The average Bonchev–Trinajstić information content (AvgIpc) is 3.10. The van der Waals surface area contributed by atoms with Crippen molar-refractivity contribution < 1.29 is 9.59 Å². The van der Waals surface area contributed by atoms with Crippen LogP contribution < -0.4 is 10.2 Å². The van der Waals surface area contributed by atoms with Gasteiger partial charge in [0.1, 0.15) is 16.7 Å². The number of aryl methyl sites for hydroxylation is 1. The van der Waals surface area contributed by atoms with E-state index in [9.17, 15) is 14.9 Å². The Morgan fingerprint density at radius 3 is 2.26 bits per heavy atom. The Morgan fingerprint density at radius 1 is 1.13 bits per heavy atom. The van der Waals surface area contributed by atoms with Gasteiger partial charge in [0.25, 0.3) is 5.91 Å². The van der Waals surface area contributed by atoms with E-state index >= 15 is 0 Å². The van der Waals surface area contributed by atoms with Crippen LogP contribution in [0.15, 0.2) is 59.1 Å². The number of hydrogen-bond donors (Lipinski definition) is 1. The SMILES string of the molecule is CCc1ccc(CC2S/C(=C(/C#N)C(=O)NC)N(c3ccc(C(C)C)cc3)C2=O)cc1. The van der Waals surface area contributed by atoms with Crippen molar-refractivity contribution in [3.63, 3.8) is 0 Å². The molecule has 2 amide bonds. The van der Waals surface area contributed by atoms with E-state index in [4.69, 9.17) is 0 Å². The summed E-state index contributed by atoms with van der Waals surface area (Å²) in [6, 6.07) is 18.0. The second kappa shape index (κ2) is 9.84. The van der Waals surface area contributed by atoms with Gasteiger partial charge in [-0.3, -0.25) is 14.5 Å². The lowest BCUT2D eigenvalue weighted by molar-refractivity contribution is -0.117. The van der Waals surface area contributed by atoms with Crippen LogP contribution in [-0.2, 0) is 22.4 Å². The molecule has 1 saturated heterocycles. The number of nitrogens with zero attached hydrogens (tertiary/aromatic N) is 2. The Hall–Kier alpha value is -3.04. The van der Waals surface area contributed by atoms with Crippen LogP contribution in [0.2, 0.25) is 0 Å². The van der Waals surface area contributed by atoms with Crippen molar-refractivity contribution in [1.29, 1.82) is 5.26 Å². The fourth-order valence-corrected chi connectivity index (χ4v) is 4.79. The van der Waals surface area contributed by atoms with Crippen LogP contribution in [0.5, 0.6) is 0 Å². The minimum absolute atomic E-state index is 0.0439. The molecule has 2 aromatic rings. The summed E-state index contributed by atoms with van der Waals surface area (Å²) >= 11 is 1.29. The highest BCUT2D eigenvalue weighted by atomic mass is 32.2. The molecule has 31 heavy (non-hydrogen) atoms. The Kier molecular flexibility index (Phi) is 7.19. The van der Waals surface area contributed by atoms with Gasteiger partial charge >= 0.3 is 0 Å². The normalized spacial score (nSPS) is 17.6. The Morgan fingerprint density at radius 2 is 1.74 bits per heavy atom. The molecule has 1 aliphatic heterocycles. The molecule has 0 saturated carbocycles. The van der Waals surface area contributed by atoms with E-state index < -0.39 is 11.2 Å². The predicted molar refractivity (Wildman–Crippen MR) is 126 cm³/mol. The van der Waals surface area contributed by atoms with Crippen LogP contribution in [0.3, 0.4) is 0 Å². The fourth-order valence-electron chi connectivity index (χ4n) is 3.48. The van der Waals surface area contributed by atoms with E-state index in [-0.39, 0.29) is 11.5 Å². The zero-order valence-corrected chi connectivity index (χ0v) is 19.1. The summed E-state index contributed by atoms with van der Waals surface area (Å²) in [6.07, 6.45) is 1.49. The third kappa shape index (κ3) is 4.83. The van der Waals surface area contributed by atoms with E-state index in [1.54, 1.807) is 0 Å². The monoisotopic (exact) mass is 433 g/mol. The number of thioether (sulfide) groups is 1. The molecular weight excluding hydrogens is 406 g/mol. The second-order valence-corrected chi connectivity index (χ2v) is 8.96. The summed E-state index contributed by atoms with van der Waals surface area (Å²) in [4.78, 5) is 27.3. The first-order valence-electron chi connectivity index (χ1n) is 10.4. The lowest BCUT2D eigenvalue weighted by Crippen LogP contribution is -2.31. The minimum Gasteiger partial charge on any atom is -0.354 e. The first kappa shape index (κ1) is 22.6. The molecule has 1 aliphatic rings. The number of nitrogens with one attached hydrogen (secondary N) is 1. The summed E-state index contributed by atoms with van der Waals surface area (Å²) in [7, 11) is 1.48. The van der Waals surface area contributed by atoms with Gasteiger partial charge in [-0.25, -0.2) is 0 Å². The van der Waals surface area contributed by atoms with Crippen molar-refractivity contribution >= 4 is 29.3 Å². The van der Waals surface area contributed by atoms with Gasteiger partial charge in [-0.1, -0.05) is 68.9 Å². The smallest absolute Gasteiger partial charge is 0.264 e. The molecule has 6 heteroatoms. The van der Waals surface area contributed by atoms with Gasteiger partial charge in [0.2, 0.25) is 5.91 Å². The van der Waals surface area contributed by atoms with E-state index in [2.05, 4.69) is 38.2 Å². The maximum Gasteiger partial charge on any atom is 0.264 e. The van der Waals surface area contributed by atoms with Crippen LogP contribution >= 0.6 is 11.8 Å². The third-order valence-corrected chi connectivity index (χ3v) is 6.67. The van der Waals surface area contributed by atoms with Crippen molar-refractivity contribution in [1.82, 2.24) is 5.32 Å². The van der Waals surface area contributed by atoms with Gasteiger partial charge in [0.05, 0.1) is 5.25 Å². The van der Waals surface area contributed by atoms with Crippen LogP contribution in [0.1, 0.15) is 43.4 Å². The molecule has 2 aromatic carbocycles.